The van der Waals surface area contributed by atoms with Crippen molar-refractivity contribution in [1.29, 1.82) is 0 Å². The van der Waals surface area contributed by atoms with Gasteiger partial charge in [0.1, 0.15) is 11.6 Å². The van der Waals surface area contributed by atoms with Crippen LogP contribution in [0.4, 0.5) is 13.2 Å². The summed E-state index contributed by atoms with van der Waals surface area (Å²) in [5.41, 5.74) is 0.894. The molecular formula is C31H37F3O4. The molecule has 1 N–H and O–H groups in total. The van der Waals surface area contributed by atoms with Gasteiger partial charge in [-0.25, -0.2) is 8.78 Å². The van der Waals surface area contributed by atoms with E-state index in [9.17, 15) is 23.1 Å². The van der Waals surface area contributed by atoms with E-state index in [1.54, 1.807) is 25.1 Å². The molecule has 2 aliphatic carbocycles. The molecular weight excluding hydrogens is 493 g/mol. The maximum Gasteiger partial charge on any atom is 0.314 e. The van der Waals surface area contributed by atoms with Crippen molar-refractivity contribution in [3.63, 3.8) is 0 Å². The average molecular weight is 531 g/mol. The molecule has 0 heterocycles. The zero-order valence-corrected chi connectivity index (χ0v) is 21.9. The average Bonchev–Trinajstić information content (AvgIpc) is 2.92. The molecule has 0 aromatic heterocycles. The summed E-state index contributed by atoms with van der Waals surface area (Å²) >= 11 is 0. The van der Waals surface area contributed by atoms with Crippen molar-refractivity contribution in [3.8, 4) is 11.5 Å². The summed E-state index contributed by atoms with van der Waals surface area (Å²) in [5.74, 6) is -3.35. The van der Waals surface area contributed by atoms with Crippen LogP contribution in [0.2, 0.25) is 0 Å². The smallest absolute Gasteiger partial charge is 0.314 e. The van der Waals surface area contributed by atoms with Gasteiger partial charge in [0.15, 0.2) is 11.6 Å². The molecule has 0 radical (unpaired) electrons. The molecule has 2 fully saturated rings. The highest BCUT2D eigenvalue weighted by molar-refractivity contribution is 5.75. The van der Waals surface area contributed by atoms with Crippen molar-refractivity contribution in [2.24, 2.45) is 11.8 Å². The van der Waals surface area contributed by atoms with Gasteiger partial charge < -0.3 is 14.6 Å². The fraction of sp³-hybridized carbons (Fsp3) is 0.516. The first kappa shape index (κ1) is 28.2. The second-order valence-corrected chi connectivity index (χ2v) is 10.7. The Morgan fingerprint density at radius 1 is 0.974 bits per heavy atom. The third kappa shape index (κ3) is 6.60. The van der Waals surface area contributed by atoms with E-state index in [4.69, 9.17) is 9.47 Å². The van der Waals surface area contributed by atoms with E-state index in [1.165, 1.54) is 18.2 Å². The highest BCUT2D eigenvalue weighted by Crippen LogP contribution is 2.41. The maximum absolute atomic E-state index is 14.9. The number of ether oxygens (including phenoxy) is 2. The topological polar surface area (TPSA) is 55.8 Å². The van der Waals surface area contributed by atoms with Gasteiger partial charge in [0.2, 0.25) is 5.82 Å². The van der Waals surface area contributed by atoms with Crippen LogP contribution in [-0.4, -0.2) is 23.8 Å². The molecule has 0 spiro atoms. The first-order valence-corrected chi connectivity index (χ1v) is 13.7. The van der Waals surface area contributed by atoms with Gasteiger partial charge in [-0.2, -0.15) is 4.39 Å². The quantitative estimate of drug-likeness (QED) is 0.157. The standard InChI is InChI=1S/C31H37F3O4/c1-3-4-17-37-24-13-14-25(27(32)18-24)21-9-11-23(12-10-21)31(36)38-28-16-15-26(29(33)30(28)34)22-7-5-20(6-8-22)19(2)35/h3,13-16,18-23,35H,1,4-12,17H2,2H3. The third-order valence-corrected chi connectivity index (χ3v) is 8.24. The van der Waals surface area contributed by atoms with E-state index in [1.807, 2.05) is 0 Å². The predicted octanol–water partition coefficient (Wildman–Crippen LogP) is 7.59. The van der Waals surface area contributed by atoms with Gasteiger partial charge in [-0.3, -0.25) is 4.79 Å². The van der Waals surface area contributed by atoms with E-state index in [2.05, 4.69) is 6.58 Å². The van der Waals surface area contributed by atoms with Gasteiger partial charge >= 0.3 is 5.97 Å². The Kier molecular flexibility index (Phi) is 9.53. The van der Waals surface area contributed by atoms with Crippen LogP contribution < -0.4 is 9.47 Å². The van der Waals surface area contributed by atoms with E-state index in [0.29, 0.717) is 68.4 Å². The number of carbonyl (C=O) groups is 1. The van der Waals surface area contributed by atoms with Crippen LogP contribution in [0.15, 0.2) is 43.0 Å². The van der Waals surface area contributed by atoms with Gasteiger partial charge in [-0.05, 0) is 106 Å². The van der Waals surface area contributed by atoms with Crippen LogP contribution in [0.3, 0.4) is 0 Å². The summed E-state index contributed by atoms with van der Waals surface area (Å²) in [4.78, 5) is 12.8. The molecule has 0 saturated heterocycles. The van der Waals surface area contributed by atoms with Crippen LogP contribution in [0.25, 0.3) is 0 Å². The predicted molar refractivity (Wildman–Crippen MR) is 140 cm³/mol. The Morgan fingerprint density at radius 2 is 1.61 bits per heavy atom. The van der Waals surface area contributed by atoms with E-state index < -0.39 is 35.4 Å². The van der Waals surface area contributed by atoms with Gasteiger partial charge in [-0.15, -0.1) is 6.58 Å². The third-order valence-electron chi connectivity index (χ3n) is 8.24. The molecule has 4 rings (SSSR count). The number of aliphatic hydroxyl groups excluding tert-OH is 1. The van der Waals surface area contributed by atoms with Crippen molar-refractivity contribution < 1.29 is 32.5 Å². The highest BCUT2D eigenvalue weighted by Gasteiger charge is 2.32. The zero-order valence-electron chi connectivity index (χ0n) is 21.9. The molecule has 0 bridgehead atoms. The van der Waals surface area contributed by atoms with E-state index in [-0.39, 0.29) is 23.6 Å². The highest BCUT2D eigenvalue weighted by atomic mass is 19.2. The lowest BCUT2D eigenvalue weighted by Gasteiger charge is -2.30. The van der Waals surface area contributed by atoms with Crippen LogP contribution in [0.5, 0.6) is 11.5 Å². The first-order chi connectivity index (χ1) is 18.3. The Bertz CT molecular complexity index is 1120. The normalized spacial score (nSPS) is 24.4. The zero-order chi connectivity index (χ0) is 27.2. The Balaban J connectivity index is 1.32. The molecule has 1 unspecified atom stereocenters. The lowest BCUT2D eigenvalue weighted by molar-refractivity contribution is -0.140. The summed E-state index contributed by atoms with van der Waals surface area (Å²) in [6.45, 7) is 5.83. The number of aliphatic hydroxyl groups is 1. The summed E-state index contributed by atoms with van der Waals surface area (Å²) in [6.07, 6.45) is 7.05. The Hall–Kier alpha value is -2.80. The molecule has 1 atom stereocenters. The largest absolute Gasteiger partial charge is 0.493 e. The Morgan fingerprint density at radius 3 is 2.24 bits per heavy atom. The molecule has 2 aromatic rings. The molecule has 206 valence electrons. The molecule has 38 heavy (non-hydrogen) atoms. The second kappa shape index (κ2) is 12.8. The Labute approximate surface area is 222 Å². The first-order valence-electron chi connectivity index (χ1n) is 13.7. The molecule has 0 amide bonds. The number of benzene rings is 2. The molecule has 4 nitrogen and oxygen atoms in total. The minimum atomic E-state index is -1.14. The van der Waals surface area contributed by atoms with Crippen molar-refractivity contribution in [1.82, 2.24) is 0 Å². The summed E-state index contributed by atoms with van der Waals surface area (Å²) in [7, 11) is 0. The number of hydrogen-bond acceptors (Lipinski definition) is 4. The molecule has 0 aliphatic heterocycles. The minimum Gasteiger partial charge on any atom is -0.493 e. The number of halogens is 3. The number of esters is 1. The lowest BCUT2D eigenvalue weighted by atomic mass is 9.77. The maximum atomic E-state index is 14.9. The molecule has 2 aromatic carbocycles. The van der Waals surface area contributed by atoms with Crippen LogP contribution in [-0.2, 0) is 4.79 Å². The minimum absolute atomic E-state index is 0.0290. The molecule has 2 aliphatic rings. The fourth-order valence-electron chi connectivity index (χ4n) is 5.87. The number of carbonyl (C=O) groups excluding carboxylic acids is 1. The summed E-state index contributed by atoms with van der Waals surface area (Å²) < 4.78 is 55.3. The summed E-state index contributed by atoms with van der Waals surface area (Å²) in [6, 6.07) is 7.73. The van der Waals surface area contributed by atoms with E-state index >= 15 is 0 Å². The SMILES string of the molecule is C=CCCOc1ccc(C2CCC(C(=O)Oc3ccc(C4CCC(C(C)O)CC4)c(F)c3F)CC2)c(F)c1. The summed E-state index contributed by atoms with van der Waals surface area (Å²) in [5, 5.41) is 9.78. The fourth-order valence-corrected chi connectivity index (χ4v) is 5.87. The monoisotopic (exact) mass is 530 g/mol. The van der Waals surface area contributed by atoms with Gasteiger partial charge in [0.25, 0.3) is 0 Å². The van der Waals surface area contributed by atoms with Gasteiger partial charge in [-0.1, -0.05) is 18.2 Å². The van der Waals surface area contributed by atoms with E-state index in [0.717, 1.165) is 12.8 Å². The van der Waals surface area contributed by atoms with Crippen molar-refractivity contribution in [3.05, 3.63) is 71.6 Å². The molecule has 2 saturated carbocycles. The van der Waals surface area contributed by atoms with Crippen molar-refractivity contribution in [2.45, 2.75) is 82.7 Å². The second-order valence-electron chi connectivity index (χ2n) is 10.7. The van der Waals surface area contributed by atoms with Crippen LogP contribution in [0, 0.1) is 29.3 Å². The van der Waals surface area contributed by atoms with Crippen LogP contribution in [0.1, 0.15) is 87.7 Å². The van der Waals surface area contributed by atoms with Crippen molar-refractivity contribution in [2.75, 3.05) is 6.61 Å². The number of rotatable bonds is 9. The lowest BCUT2D eigenvalue weighted by Crippen LogP contribution is -2.26. The van der Waals surface area contributed by atoms with Crippen LogP contribution >= 0.6 is 0 Å². The number of hydrogen-bond donors (Lipinski definition) is 1. The molecule has 7 heteroatoms. The van der Waals surface area contributed by atoms with Gasteiger partial charge in [0, 0.05) is 6.07 Å². The van der Waals surface area contributed by atoms with Crippen molar-refractivity contribution >= 4 is 5.97 Å². The van der Waals surface area contributed by atoms with Gasteiger partial charge in [0.05, 0.1) is 18.6 Å².